The van der Waals surface area contributed by atoms with E-state index in [-0.39, 0.29) is 0 Å². The molecule has 2 heteroatoms. The second-order valence-electron chi connectivity index (χ2n) is 1.16. The highest BCUT2D eigenvalue weighted by atomic mass is 16.5. The number of aromatic nitrogens is 1. The summed E-state index contributed by atoms with van der Waals surface area (Å²) in [6, 6.07) is 4.96. The Morgan fingerprint density at radius 2 is 2.29 bits per heavy atom. The lowest BCUT2D eigenvalue weighted by Crippen LogP contribution is -2.23. The summed E-state index contributed by atoms with van der Waals surface area (Å²) in [6.07, 6.45) is 3.78. The number of pyridine rings is 1. The Morgan fingerprint density at radius 3 is 2.57 bits per heavy atom. The minimum atomic E-state index is 0.625. The zero-order chi connectivity index (χ0) is 5.11. The van der Waals surface area contributed by atoms with Gasteiger partial charge in [0.1, 0.15) is 6.20 Å². The van der Waals surface area contributed by atoms with Gasteiger partial charge >= 0.3 is 0 Å². The van der Waals surface area contributed by atoms with E-state index >= 15 is 0 Å². The first-order chi connectivity index (χ1) is 3.39. The van der Waals surface area contributed by atoms with Gasteiger partial charge in [0.05, 0.1) is 6.20 Å². The van der Waals surface area contributed by atoms with Crippen LogP contribution in [0.5, 0.6) is 0 Å². The van der Waals surface area contributed by atoms with Crippen molar-refractivity contribution in [2.75, 3.05) is 0 Å². The van der Waals surface area contributed by atoms with E-state index in [9.17, 15) is 5.21 Å². The third kappa shape index (κ3) is 0.892. The van der Waals surface area contributed by atoms with Gasteiger partial charge in [0.2, 0.25) is 0 Å². The molecule has 1 rings (SSSR count). The molecule has 2 nitrogen and oxygen atoms in total. The van der Waals surface area contributed by atoms with Crippen LogP contribution in [-0.2, 0) is 0 Å². The lowest BCUT2D eigenvalue weighted by Gasteiger charge is -1.96. The monoisotopic (exact) mass is 94.0 g/mol. The first-order valence-corrected chi connectivity index (χ1v) is 1.95. The molecule has 0 bridgehead atoms. The van der Waals surface area contributed by atoms with Crippen LogP contribution in [0.2, 0.25) is 0 Å². The lowest BCUT2D eigenvalue weighted by atomic mass is 10.5. The maximum atomic E-state index is 10.1. The van der Waals surface area contributed by atoms with Crippen molar-refractivity contribution in [2.45, 2.75) is 0 Å². The van der Waals surface area contributed by atoms with Crippen LogP contribution in [0.3, 0.4) is 0 Å². The number of hydrogen-bond acceptors (Lipinski definition) is 1. The molecule has 0 aromatic carbocycles. The summed E-state index contributed by atoms with van der Waals surface area (Å²) in [4.78, 5) is 0. The molecule has 0 aliphatic rings. The first kappa shape index (κ1) is 4.12. The van der Waals surface area contributed by atoms with E-state index in [0.717, 1.165) is 0 Å². The van der Waals surface area contributed by atoms with Crippen molar-refractivity contribution in [2.24, 2.45) is 0 Å². The van der Waals surface area contributed by atoms with Crippen LogP contribution in [-0.4, -0.2) is 0 Å². The molecule has 0 saturated heterocycles. The van der Waals surface area contributed by atoms with Gasteiger partial charge in [-0.1, -0.05) is 0 Å². The summed E-state index contributed by atoms with van der Waals surface area (Å²) in [5.41, 5.74) is 0. The smallest absolute Gasteiger partial charge is 0.125 e. The molecular weight excluding hydrogens is 90.1 g/mol. The van der Waals surface area contributed by atoms with Gasteiger partial charge in [-0.15, -0.1) is 12.1 Å². The third-order valence-electron chi connectivity index (χ3n) is 0.631. The van der Waals surface area contributed by atoms with E-state index in [4.69, 9.17) is 0 Å². The molecular formula is C5H4NO-. The van der Waals surface area contributed by atoms with E-state index < -0.39 is 0 Å². The van der Waals surface area contributed by atoms with Gasteiger partial charge in [-0.25, -0.2) is 0 Å². The second kappa shape index (κ2) is 1.60. The first-order valence-electron chi connectivity index (χ1n) is 1.95. The highest BCUT2D eigenvalue weighted by Crippen LogP contribution is 1.71. The minimum Gasteiger partial charge on any atom is -0.641 e. The highest BCUT2D eigenvalue weighted by Gasteiger charge is 1.65. The van der Waals surface area contributed by atoms with Gasteiger partial charge in [-0.05, 0) is 0 Å². The molecule has 0 unspecified atom stereocenters. The van der Waals surface area contributed by atoms with Crippen LogP contribution in [0.25, 0.3) is 0 Å². The van der Waals surface area contributed by atoms with Gasteiger partial charge in [0, 0.05) is 0 Å². The van der Waals surface area contributed by atoms with Gasteiger partial charge in [-0.2, -0.15) is 6.07 Å². The molecule has 7 heavy (non-hydrogen) atoms. The maximum absolute atomic E-state index is 10.1. The fourth-order valence-corrected chi connectivity index (χ4v) is 0.343. The van der Waals surface area contributed by atoms with Crippen molar-refractivity contribution in [1.29, 1.82) is 0 Å². The van der Waals surface area contributed by atoms with Crippen LogP contribution in [0.1, 0.15) is 0 Å². The van der Waals surface area contributed by atoms with Crippen molar-refractivity contribution in [3.63, 3.8) is 0 Å². The lowest BCUT2D eigenvalue weighted by molar-refractivity contribution is -0.609. The van der Waals surface area contributed by atoms with Crippen LogP contribution in [0.4, 0.5) is 0 Å². The summed E-state index contributed by atoms with van der Waals surface area (Å²) in [6.45, 7) is 0. The molecule has 1 aromatic rings. The van der Waals surface area contributed by atoms with E-state index in [2.05, 4.69) is 6.20 Å². The summed E-state index contributed by atoms with van der Waals surface area (Å²) >= 11 is 0. The van der Waals surface area contributed by atoms with Crippen LogP contribution in [0, 0.1) is 11.4 Å². The predicted molar refractivity (Wildman–Crippen MR) is 24.2 cm³/mol. The SMILES string of the molecule is [O-][n+]1[c-]cccc1. The predicted octanol–water partition coefficient (Wildman–Crippen LogP) is 0.120. The number of hydrogen-bond donors (Lipinski definition) is 0. The molecule has 0 fully saturated rings. The summed E-state index contributed by atoms with van der Waals surface area (Å²) in [5.74, 6) is 0. The Bertz CT molecular complexity index is 138. The summed E-state index contributed by atoms with van der Waals surface area (Å²) in [7, 11) is 0. The molecule has 1 aromatic heterocycles. The van der Waals surface area contributed by atoms with E-state index in [1.165, 1.54) is 6.20 Å². The normalized spacial score (nSPS) is 8.57. The van der Waals surface area contributed by atoms with Crippen molar-refractivity contribution < 1.29 is 4.73 Å². The molecule has 0 radical (unpaired) electrons. The summed E-state index contributed by atoms with van der Waals surface area (Å²) < 4.78 is 0.625. The number of rotatable bonds is 0. The molecule has 0 atom stereocenters. The van der Waals surface area contributed by atoms with Gasteiger partial charge < -0.3 is 5.21 Å². The average molecular weight is 94.1 g/mol. The summed E-state index contributed by atoms with van der Waals surface area (Å²) in [5, 5.41) is 10.1. The molecule has 0 aliphatic carbocycles. The van der Waals surface area contributed by atoms with Crippen molar-refractivity contribution >= 4 is 0 Å². The minimum absolute atomic E-state index is 0.625. The van der Waals surface area contributed by atoms with E-state index in [1.54, 1.807) is 18.2 Å². The zero-order valence-corrected chi connectivity index (χ0v) is 3.66. The van der Waals surface area contributed by atoms with Crippen LogP contribution >= 0.6 is 0 Å². The molecule has 0 N–H and O–H groups in total. The van der Waals surface area contributed by atoms with E-state index in [0.29, 0.717) is 4.73 Å². The van der Waals surface area contributed by atoms with Crippen molar-refractivity contribution in [3.8, 4) is 0 Å². The Labute approximate surface area is 41.6 Å². The molecule has 1 heterocycles. The molecule has 0 amide bonds. The maximum Gasteiger partial charge on any atom is 0.125 e. The highest BCUT2D eigenvalue weighted by molar-refractivity contribution is 4.82. The number of nitrogens with zero attached hydrogens (tertiary/aromatic N) is 1. The van der Waals surface area contributed by atoms with Crippen LogP contribution in [0.15, 0.2) is 24.4 Å². The topological polar surface area (TPSA) is 26.9 Å². The van der Waals surface area contributed by atoms with Crippen molar-refractivity contribution in [1.82, 2.24) is 0 Å². The quantitative estimate of drug-likeness (QED) is 0.255. The molecule has 0 saturated carbocycles. The molecule has 0 aliphatic heterocycles. The van der Waals surface area contributed by atoms with E-state index in [1.807, 2.05) is 0 Å². The Hall–Kier alpha value is -1.05. The Kier molecular flexibility index (Phi) is 0.941. The standard InChI is InChI=1S/C5H4NO/c7-6-4-2-1-3-5-6/h1-4H/q-1. The fraction of sp³-hybridized carbons (Fsp3) is 0. The zero-order valence-electron chi connectivity index (χ0n) is 3.66. The van der Waals surface area contributed by atoms with Crippen LogP contribution < -0.4 is 4.73 Å². The fourth-order valence-electron chi connectivity index (χ4n) is 0.343. The van der Waals surface area contributed by atoms with Gasteiger partial charge in [-0.3, -0.25) is 4.73 Å². The Balaban J connectivity index is 3.02. The van der Waals surface area contributed by atoms with Crippen molar-refractivity contribution in [3.05, 3.63) is 35.8 Å². The van der Waals surface area contributed by atoms with Gasteiger partial charge in [0.25, 0.3) is 0 Å². The van der Waals surface area contributed by atoms with Gasteiger partial charge in [0.15, 0.2) is 0 Å². The average Bonchev–Trinajstić information content (AvgIpc) is 1.69. The molecule has 36 valence electrons. The second-order valence-corrected chi connectivity index (χ2v) is 1.16. The third-order valence-corrected chi connectivity index (χ3v) is 0.631. The molecule has 0 spiro atoms. The largest absolute Gasteiger partial charge is 0.641 e. The Morgan fingerprint density at radius 1 is 1.43 bits per heavy atom.